The van der Waals surface area contributed by atoms with Gasteiger partial charge in [0, 0.05) is 23.1 Å². The van der Waals surface area contributed by atoms with Crippen LogP contribution in [-0.2, 0) is 0 Å². The number of aryl methyl sites for hydroxylation is 1. The Morgan fingerprint density at radius 2 is 1.41 bits per heavy atom. The summed E-state index contributed by atoms with van der Waals surface area (Å²) in [4.78, 5) is 1.32. The van der Waals surface area contributed by atoms with E-state index in [1.165, 1.54) is 26.1 Å². The highest BCUT2D eigenvalue weighted by atomic mass is 35.7. The topological polar surface area (TPSA) is 92.2 Å². The highest BCUT2D eigenvalue weighted by Gasteiger charge is 2.12. The lowest BCUT2D eigenvalue weighted by atomic mass is 10.1. The first-order valence-corrected chi connectivity index (χ1v) is 8.39. The van der Waals surface area contributed by atoms with Gasteiger partial charge in [-0.3, -0.25) is 0 Å². The average Bonchev–Trinajstić information content (AvgIpc) is 2.45. The highest BCUT2D eigenvalue weighted by molar-refractivity contribution is 7.21. The zero-order chi connectivity index (χ0) is 16.2. The molecule has 0 amide bonds. The van der Waals surface area contributed by atoms with Crippen LogP contribution in [0.25, 0.3) is 20.5 Å². The molecule has 0 aliphatic heterocycles. The van der Waals surface area contributed by atoms with Crippen molar-refractivity contribution < 1.29 is 28.9 Å². The third-order valence-corrected chi connectivity index (χ3v) is 4.03. The number of benzene rings is 2. The molecule has 0 unspecified atom stereocenters. The molecule has 0 bridgehead atoms. The summed E-state index contributed by atoms with van der Waals surface area (Å²) < 4.78 is 35.3. The molecule has 1 aromatic heterocycles. The molecule has 0 saturated heterocycles. The van der Waals surface area contributed by atoms with Gasteiger partial charge in [-0.2, -0.15) is 0 Å². The maximum atomic E-state index is 8.49. The Morgan fingerprint density at radius 3 is 2.05 bits per heavy atom. The van der Waals surface area contributed by atoms with E-state index in [4.69, 9.17) is 18.6 Å². The molecule has 0 atom stereocenters. The summed E-state index contributed by atoms with van der Waals surface area (Å²) >= 11 is 1.85. The van der Waals surface area contributed by atoms with Gasteiger partial charge in [-0.15, -0.1) is 10.2 Å². The largest absolute Gasteiger partial charge is 0.238 e. The molecule has 0 spiro atoms. The standard InChI is InChI=1S/C16H13S.ClHO4/c1-12-7-8-14-9-10-15(17-16(14)11-12)13-5-3-2-4-6-13;2-1(3,4)5/h2-11H,1H3;(H,2,3,4,5)/q+1;/p-1. The first-order chi connectivity index (χ1) is 10.3. The number of fused-ring (bicyclic) bond motifs is 1. The van der Waals surface area contributed by atoms with Crippen molar-refractivity contribution in [2.24, 2.45) is 0 Å². The number of halogens is 1. The predicted octanol–water partition coefficient (Wildman–Crippen LogP) is 0.402. The van der Waals surface area contributed by atoms with E-state index < -0.39 is 10.2 Å². The summed E-state index contributed by atoms with van der Waals surface area (Å²) in [6.07, 6.45) is 0. The molecule has 3 rings (SSSR count). The van der Waals surface area contributed by atoms with Crippen molar-refractivity contribution in [1.82, 2.24) is 0 Å². The van der Waals surface area contributed by atoms with Crippen molar-refractivity contribution in [2.75, 3.05) is 0 Å². The molecule has 0 N–H and O–H groups in total. The molecule has 0 aliphatic carbocycles. The third kappa shape index (κ3) is 5.31. The molecular formula is C16H13ClO4S. The molecule has 6 heteroatoms. The molecule has 2 aromatic carbocycles. The van der Waals surface area contributed by atoms with Crippen molar-refractivity contribution in [3.05, 3.63) is 66.2 Å². The molecular weight excluding hydrogens is 324 g/mol. The van der Waals surface area contributed by atoms with Crippen LogP contribution in [0.1, 0.15) is 5.56 Å². The van der Waals surface area contributed by atoms with Crippen molar-refractivity contribution in [2.45, 2.75) is 6.92 Å². The van der Waals surface area contributed by atoms with Crippen molar-refractivity contribution in [3.8, 4) is 10.4 Å². The predicted molar refractivity (Wildman–Crippen MR) is 76.4 cm³/mol. The van der Waals surface area contributed by atoms with Gasteiger partial charge >= 0.3 is 0 Å². The Morgan fingerprint density at radius 1 is 0.818 bits per heavy atom. The van der Waals surface area contributed by atoms with Crippen LogP contribution in [0.3, 0.4) is 0 Å². The third-order valence-electron chi connectivity index (χ3n) is 2.86. The van der Waals surface area contributed by atoms with Crippen molar-refractivity contribution >= 4 is 21.4 Å². The van der Waals surface area contributed by atoms with Gasteiger partial charge in [-0.25, -0.2) is 18.6 Å². The molecule has 114 valence electrons. The first kappa shape index (κ1) is 16.8. The summed E-state index contributed by atoms with van der Waals surface area (Å²) in [6, 6.07) is 21.6. The Labute approximate surface area is 134 Å². The van der Waals surface area contributed by atoms with E-state index in [1.807, 2.05) is 11.3 Å². The fraction of sp³-hybridized carbons (Fsp3) is 0.0625. The molecule has 3 aromatic rings. The summed E-state index contributed by atoms with van der Waals surface area (Å²) in [5.74, 6) is 0. The van der Waals surface area contributed by atoms with Crippen LogP contribution in [0.4, 0.5) is 0 Å². The van der Waals surface area contributed by atoms with Gasteiger partial charge in [0.1, 0.15) is 0 Å². The van der Waals surface area contributed by atoms with E-state index in [0.29, 0.717) is 0 Å². The smallest absolute Gasteiger partial charge is 0.222 e. The highest BCUT2D eigenvalue weighted by Crippen LogP contribution is 2.30. The van der Waals surface area contributed by atoms with E-state index in [2.05, 4.69) is 67.6 Å². The van der Waals surface area contributed by atoms with Gasteiger partial charge in [0.2, 0.25) is 20.9 Å². The zero-order valence-electron chi connectivity index (χ0n) is 11.7. The Bertz CT molecular complexity index is 751. The van der Waals surface area contributed by atoms with Crippen LogP contribution in [-0.4, -0.2) is 0 Å². The van der Waals surface area contributed by atoms with Crippen LogP contribution >= 0.6 is 11.3 Å². The Balaban J connectivity index is 0.000000309. The molecule has 0 saturated carbocycles. The van der Waals surface area contributed by atoms with Gasteiger partial charge in [0.25, 0.3) is 0 Å². The lowest BCUT2D eigenvalue weighted by Crippen LogP contribution is -2.68. The van der Waals surface area contributed by atoms with E-state index in [-0.39, 0.29) is 0 Å². The minimum atomic E-state index is -4.94. The number of hydrogen-bond donors (Lipinski definition) is 0. The maximum absolute atomic E-state index is 8.49. The monoisotopic (exact) mass is 336 g/mol. The summed E-state index contributed by atoms with van der Waals surface area (Å²) in [5.41, 5.74) is 2.61. The lowest BCUT2D eigenvalue weighted by molar-refractivity contribution is -2.00. The zero-order valence-corrected chi connectivity index (χ0v) is 13.3. The van der Waals surface area contributed by atoms with E-state index in [0.717, 1.165) is 0 Å². The van der Waals surface area contributed by atoms with Gasteiger partial charge in [0.15, 0.2) is 0 Å². The molecule has 4 nitrogen and oxygen atoms in total. The second-order valence-corrected chi connectivity index (χ2v) is 6.42. The summed E-state index contributed by atoms with van der Waals surface area (Å²) in [7, 11) is -4.94. The molecule has 22 heavy (non-hydrogen) atoms. The average molecular weight is 337 g/mol. The maximum Gasteiger partial charge on any atom is 0.238 e. The van der Waals surface area contributed by atoms with Crippen LogP contribution < -0.4 is 18.6 Å². The number of hydrogen-bond acceptors (Lipinski definition) is 4. The molecule has 1 heterocycles. The van der Waals surface area contributed by atoms with E-state index >= 15 is 0 Å². The van der Waals surface area contributed by atoms with Gasteiger partial charge in [-0.1, -0.05) is 24.3 Å². The van der Waals surface area contributed by atoms with Crippen LogP contribution in [0.5, 0.6) is 0 Å². The van der Waals surface area contributed by atoms with E-state index in [9.17, 15) is 0 Å². The van der Waals surface area contributed by atoms with Gasteiger partial charge in [-0.05, 0) is 36.8 Å². The van der Waals surface area contributed by atoms with Crippen LogP contribution in [0.15, 0.2) is 60.7 Å². The molecule has 0 radical (unpaired) electrons. The van der Waals surface area contributed by atoms with Crippen LogP contribution in [0.2, 0.25) is 0 Å². The second kappa shape index (κ2) is 7.11. The fourth-order valence-electron chi connectivity index (χ4n) is 1.94. The number of rotatable bonds is 1. The SMILES string of the molecule is Cc1ccc2ccc(-c3ccccc3)[s+]c2c1.[O-][Cl+3]([O-])([O-])[O-]. The fourth-order valence-corrected chi connectivity index (χ4v) is 3.07. The van der Waals surface area contributed by atoms with Gasteiger partial charge in [0.05, 0.1) is 0 Å². The van der Waals surface area contributed by atoms with Crippen LogP contribution in [0, 0.1) is 17.2 Å². The van der Waals surface area contributed by atoms with Crippen molar-refractivity contribution in [3.63, 3.8) is 0 Å². The van der Waals surface area contributed by atoms with E-state index in [1.54, 1.807) is 0 Å². The minimum Gasteiger partial charge on any atom is -0.222 e. The normalized spacial score (nSPS) is 11.0. The Kier molecular flexibility index (Phi) is 5.42. The molecule has 0 aliphatic rings. The minimum absolute atomic E-state index is 1.29. The summed E-state index contributed by atoms with van der Waals surface area (Å²) in [6.45, 7) is 2.14. The van der Waals surface area contributed by atoms with Gasteiger partial charge < -0.3 is 0 Å². The quantitative estimate of drug-likeness (QED) is 0.601. The lowest BCUT2D eigenvalue weighted by Gasteiger charge is -2.17. The first-order valence-electron chi connectivity index (χ1n) is 6.33. The second-order valence-electron chi connectivity index (χ2n) is 4.58. The Hall–Kier alpha value is -1.60. The summed E-state index contributed by atoms with van der Waals surface area (Å²) in [5, 5.41) is 1.32. The van der Waals surface area contributed by atoms with Crippen molar-refractivity contribution in [1.29, 1.82) is 0 Å². The molecule has 0 fully saturated rings.